The normalized spacial score (nSPS) is 26.4. The van der Waals surface area contributed by atoms with Crippen molar-refractivity contribution < 1.29 is 14.6 Å². The van der Waals surface area contributed by atoms with Gasteiger partial charge >= 0.3 is 6.09 Å². The molecule has 4 heteroatoms. The quantitative estimate of drug-likeness (QED) is 0.817. The van der Waals surface area contributed by atoms with E-state index < -0.39 is 6.09 Å². The van der Waals surface area contributed by atoms with E-state index >= 15 is 0 Å². The first-order valence-electron chi connectivity index (χ1n) is 5.76. The van der Waals surface area contributed by atoms with Gasteiger partial charge < -0.3 is 15.2 Å². The summed E-state index contributed by atoms with van der Waals surface area (Å²) in [6, 6.07) is 6.13. The van der Waals surface area contributed by atoms with E-state index in [-0.39, 0.29) is 0 Å². The van der Waals surface area contributed by atoms with Gasteiger partial charge in [0, 0.05) is 18.4 Å². The minimum Gasteiger partial charge on any atom is -0.465 e. The van der Waals surface area contributed by atoms with Gasteiger partial charge in [-0.1, -0.05) is 18.2 Å². The van der Waals surface area contributed by atoms with Crippen LogP contribution in [0.15, 0.2) is 29.7 Å². The molecular weight excluding hydrogens is 218 g/mol. The molecule has 1 heterocycles. The van der Waals surface area contributed by atoms with Crippen LogP contribution in [0.5, 0.6) is 0 Å². The van der Waals surface area contributed by atoms with E-state index in [0.29, 0.717) is 18.4 Å². The monoisotopic (exact) mass is 229 g/mol. The molecule has 2 aliphatic carbocycles. The summed E-state index contributed by atoms with van der Waals surface area (Å²) in [5.41, 5.74) is 3.71. The lowest BCUT2D eigenvalue weighted by atomic mass is 9.92. The van der Waals surface area contributed by atoms with Crippen molar-refractivity contribution in [1.29, 1.82) is 0 Å². The molecule has 0 saturated heterocycles. The number of carboxylic acid groups (broad SMARTS) is 1. The third-order valence-corrected chi connectivity index (χ3v) is 3.91. The molecule has 1 amide bonds. The average molecular weight is 229 g/mol. The Balaban J connectivity index is 1.73. The molecule has 2 N–H and O–H groups in total. The van der Waals surface area contributed by atoms with E-state index in [0.717, 1.165) is 17.7 Å². The van der Waals surface area contributed by atoms with Crippen LogP contribution >= 0.6 is 0 Å². The Hall–Kier alpha value is -1.97. The summed E-state index contributed by atoms with van der Waals surface area (Å²) in [7, 11) is 0. The summed E-state index contributed by atoms with van der Waals surface area (Å²) in [6.45, 7) is 0.379. The van der Waals surface area contributed by atoms with Crippen LogP contribution in [0.25, 0.3) is 0 Å². The van der Waals surface area contributed by atoms with Crippen LogP contribution in [-0.4, -0.2) is 11.2 Å². The Morgan fingerprint density at radius 1 is 1.41 bits per heavy atom. The Labute approximate surface area is 97.9 Å². The van der Waals surface area contributed by atoms with Gasteiger partial charge in [0.05, 0.1) is 0 Å². The predicted octanol–water partition coefficient (Wildman–Crippen LogP) is 2.28. The molecule has 4 rings (SSSR count). The Morgan fingerprint density at radius 3 is 3.06 bits per heavy atom. The summed E-state index contributed by atoms with van der Waals surface area (Å²) >= 11 is 0. The van der Waals surface area contributed by atoms with Gasteiger partial charge in [-0.15, -0.1) is 0 Å². The predicted molar refractivity (Wildman–Crippen MR) is 59.5 cm³/mol. The first-order chi connectivity index (χ1) is 8.25. The zero-order valence-corrected chi connectivity index (χ0v) is 9.06. The fourth-order valence-electron chi connectivity index (χ4n) is 3.23. The number of rotatable bonds is 2. The Bertz CT molecular complexity index is 576. The molecule has 2 atom stereocenters. The van der Waals surface area contributed by atoms with Crippen molar-refractivity contribution >= 4 is 6.09 Å². The second kappa shape index (κ2) is 2.83. The lowest BCUT2D eigenvalue weighted by Crippen LogP contribution is -2.21. The van der Waals surface area contributed by atoms with Crippen LogP contribution in [0, 0.1) is 0 Å². The number of nitrogens with one attached hydrogen (secondary N) is 1. The molecule has 0 saturated carbocycles. The van der Waals surface area contributed by atoms with Gasteiger partial charge in [0.25, 0.3) is 0 Å². The van der Waals surface area contributed by atoms with Crippen LogP contribution in [-0.2, 0) is 11.3 Å². The van der Waals surface area contributed by atoms with Crippen molar-refractivity contribution in [3.8, 4) is 0 Å². The molecule has 86 valence electrons. The summed E-state index contributed by atoms with van der Waals surface area (Å²) in [4.78, 5) is 10.6. The molecule has 17 heavy (non-hydrogen) atoms. The molecule has 3 aliphatic rings. The minimum atomic E-state index is -0.978. The van der Waals surface area contributed by atoms with Crippen LogP contribution in [0.2, 0.25) is 0 Å². The van der Waals surface area contributed by atoms with E-state index in [9.17, 15) is 4.79 Å². The highest BCUT2D eigenvalue weighted by Crippen LogP contribution is 2.65. The highest BCUT2D eigenvalue weighted by molar-refractivity contribution is 5.65. The van der Waals surface area contributed by atoms with Gasteiger partial charge in [0.2, 0.25) is 0 Å². The van der Waals surface area contributed by atoms with E-state index in [2.05, 4.69) is 11.4 Å². The van der Waals surface area contributed by atoms with Gasteiger partial charge in [0.15, 0.2) is 11.5 Å². The SMILES string of the molecule is O=C(O)NCc1cccc2c1C1CC2C2=C1O2. The van der Waals surface area contributed by atoms with Crippen molar-refractivity contribution in [3.05, 3.63) is 46.4 Å². The molecule has 0 aromatic heterocycles. The third-order valence-electron chi connectivity index (χ3n) is 3.91. The first-order valence-corrected chi connectivity index (χ1v) is 5.76. The molecule has 2 unspecified atom stereocenters. The van der Waals surface area contributed by atoms with Crippen LogP contribution < -0.4 is 5.32 Å². The second-order valence-electron chi connectivity index (χ2n) is 4.75. The molecule has 0 fully saturated rings. The van der Waals surface area contributed by atoms with Crippen molar-refractivity contribution in [1.82, 2.24) is 5.32 Å². The van der Waals surface area contributed by atoms with Crippen LogP contribution in [0.4, 0.5) is 4.79 Å². The molecule has 1 aromatic rings. The van der Waals surface area contributed by atoms with E-state index in [4.69, 9.17) is 9.84 Å². The lowest BCUT2D eigenvalue weighted by molar-refractivity contribution is 0.194. The highest BCUT2D eigenvalue weighted by atomic mass is 16.6. The zero-order valence-electron chi connectivity index (χ0n) is 9.06. The topological polar surface area (TPSA) is 61.9 Å². The molecule has 0 spiro atoms. The van der Waals surface area contributed by atoms with E-state index in [1.54, 1.807) is 0 Å². The van der Waals surface area contributed by atoms with Gasteiger partial charge in [-0.05, 0) is 23.1 Å². The summed E-state index contributed by atoms with van der Waals surface area (Å²) in [5, 5.41) is 11.1. The van der Waals surface area contributed by atoms with Crippen LogP contribution in [0.3, 0.4) is 0 Å². The largest absolute Gasteiger partial charge is 0.465 e. The number of amides is 1. The number of allylic oxidation sites excluding steroid dienone is 2. The summed E-state index contributed by atoms with van der Waals surface area (Å²) in [6.07, 6.45) is 0.137. The van der Waals surface area contributed by atoms with E-state index in [1.807, 2.05) is 12.1 Å². The molecule has 2 bridgehead atoms. The third kappa shape index (κ3) is 1.10. The van der Waals surface area contributed by atoms with Crippen LogP contribution in [0.1, 0.15) is 34.9 Å². The average Bonchev–Trinajstić information content (AvgIpc) is 2.93. The second-order valence-corrected chi connectivity index (χ2v) is 4.75. The van der Waals surface area contributed by atoms with Crippen molar-refractivity contribution in [2.24, 2.45) is 0 Å². The van der Waals surface area contributed by atoms with Crippen molar-refractivity contribution in [2.75, 3.05) is 0 Å². The first kappa shape index (κ1) is 9.10. The van der Waals surface area contributed by atoms with Gasteiger partial charge in [0.1, 0.15) is 0 Å². The highest BCUT2D eigenvalue weighted by Gasteiger charge is 2.54. The summed E-state index contributed by atoms with van der Waals surface area (Å²) in [5.74, 6) is 3.14. The number of ether oxygens (including phenoxy) is 1. The maximum absolute atomic E-state index is 10.6. The molecule has 4 nitrogen and oxygen atoms in total. The molecular formula is C13H11NO3. The Morgan fingerprint density at radius 2 is 2.24 bits per heavy atom. The number of hydrogen-bond donors (Lipinski definition) is 2. The number of carbonyl (C=O) groups is 1. The number of hydrogen-bond acceptors (Lipinski definition) is 2. The zero-order chi connectivity index (χ0) is 11.6. The maximum atomic E-state index is 10.6. The molecule has 1 aliphatic heterocycles. The fourth-order valence-corrected chi connectivity index (χ4v) is 3.23. The van der Waals surface area contributed by atoms with Crippen molar-refractivity contribution in [2.45, 2.75) is 24.8 Å². The maximum Gasteiger partial charge on any atom is 0.404 e. The minimum absolute atomic E-state index is 0.379. The molecule has 1 aromatic carbocycles. The summed E-state index contributed by atoms with van der Waals surface area (Å²) < 4.78 is 5.50. The number of benzene rings is 1. The van der Waals surface area contributed by atoms with Gasteiger partial charge in [-0.2, -0.15) is 0 Å². The van der Waals surface area contributed by atoms with Gasteiger partial charge in [-0.25, -0.2) is 4.79 Å². The molecule has 0 radical (unpaired) electrons. The van der Waals surface area contributed by atoms with E-state index in [1.165, 1.54) is 16.9 Å². The standard InChI is InChI=1S/C13H11NO3/c15-13(16)14-5-6-2-1-3-7-8-4-9(10(6)7)12-11(8)17-12/h1-3,8-9,14H,4-5H2,(H,15,16). The lowest BCUT2D eigenvalue weighted by Gasteiger charge is -2.13. The smallest absolute Gasteiger partial charge is 0.404 e. The van der Waals surface area contributed by atoms with Gasteiger partial charge in [-0.3, -0.25) is 0 Å². The van der Waals surface area contributed by atoms with Crippen molar-refractivity contribution in [3.63, 3.8) is 0 Å². The number of fused-ring (bicyclic) bond motifs is 7. The fraction of sp³-hybridized carbons (Fsp3) is 0.308. The Kier molecular flexibility index (Phi) is 1.51.